The average molecular weight is 403 g/mol. The highest BCUT2D eigenvalue weighted by molar-refractivity contribution is 9.09. The Morgan fingerprint density at radius 1 is 1.04 bits per heavy atom. The zero-order chi connectivity index (χ0) is 16.9. The van der Waals surface area contributed by atoms with Gasteiger partial charge >= 0.3 is 0 Å². The standard InChI is InChI=1S/C12H19BrO10/c13-1-3-5(14)6(15)7(16)10(21-3)23-8-4-2-20-9(8)12(18,19)11(17)22-4/h3-11,14-19H,1-2H2/t3?,4?,5-,6?,7-,8+,9?,10-,11+/m0/s1. The minimum Gasteiger partial charge on any atom is -0.388 e. The summed E-state index contributed by atoms with van der Waals surface area (Å²) >= 11 is 3.12. The molecule has 11 heteroatoms. The third kappa shape index (κ3) is 2.93. The minimum atomic E-state index is -2.69. The molecule has 9 atom stereocenters. The van der Waals surface area contributed by atoms with Crippen LogP contribution in [-0.4, -0.2) is 104 Å². The van der Waals surface area contributed by atoms with Crippen LogP contribution in [0.3, 0.4) is 0 Å². The van der Waals surface area contributed by atoms with Gasteiger partial charge in [-0.3, -0.25) is 0 Å². The number of alkyl halides is 1. The van der Waals surface area contributed by atoms with Gasteiger partial charge in [-0.05, 0) is 0 Å². The molecule has 0 aromatic carbocycles. The lowest BCUT2D eigenvalue weighted by atomic mass is 9.97. The molecule has 3 saturated heterocycles. The second-order valence-corrected chi connectivity index (χ2v) is 6.48. The summed E-state index contributed by atoms with van der Waals surface area (Å²) in [5.41, 5.74) is 0. The second-order valence-electron chi connectivity index (χ2n) is 5.83. The molecule has 0 aliphatic carbocycles. The highest BCUT2D eigenvalue weighted by Crippen LogP contribution is 2.38. The molecule has 0 aromatic heterocycles. The monoisotopic (exact) mass is 402 g/mol. The van der Waals surface area contributed by atoms with E-state index in [1.807, 2.05) is 0 Å². The Balaban J connectivity index is 1.74. The lowest BCUT2D eigenvalue weighted by Crippen LogP contribution is -2.66. The lowest BCUT2D eigenvalue weighted by molar-refractivity contribution is -0.390. The van der Waals surface area contributed by atoms with Gasteiger partial charge in [-0.2, -0.15) is 0 Å². The highest BCUT2D eigenvalue weighted by atomic mass is 79.9. The van der Waals surface area contributed by atoms with Crippen LogP contribution >= 0.6 is 15.9 Å². The van der Waals surface area contributed by atoms with Gasteiger partial charge in [-0.15, -0.1) is 0 Å². The first-order chi connectivity index (χ1) is 10.8. The van der Waals surface area contributed by atoms with E-state index in [1.54, 1.807) is 0 Å². The first kappa shape index (κ1) is 17.9. The maximum Gasteiger partial charge on any atom is 0.245 e. The largest absolute Gasteiger partial charge is 0.388 e. The first-order valence-electron chi connectivity index (χ1n) is 7.08. The molecule has 3 aliphatic rings. The SMILES string of the molecule is OC1[C@@H](O)C(CBr)O[C@@H](O[C@@H]2C3COC2C(O)(O)[C@H](O)O3)[C@H]1O. The number of aliphatic hydroxyl groups is 6. The maximum atomic E-state index is 10.00. The Bertz CT molecular complexity index is 434. The number of halogens is 1. The number of fused-ring (bicyclic) bond motifs is 2. The molecule has 3 fully saturated rings. The van der Waals surface area contributed by atoms with E-state index in [2.05, 4.69) is 15.9 Å². The topological polar surface area (TPSA) is 158 Å². The highest BCUT2D eigenvalue weighted by Gasteiger charge is 2.61. The van der Waals surface area contributed by atoms with E-state index in [0.717, 1.165) is 0 Å². The molecule has 3 aliphatic heterocycles. The molecule has 10 nitrogen and oxygen atoms in total. The van der Waals surface area contributed by atoms with Crippen LogP contribution in [0.4, 0.5) is 0 Å². The maximum absolute atomic E-state index is 10.00. The fourth-order valence-electron chi connectivity index (χ4n) is 2.94. The minimum absolute atomic E-state index is 0.0505. The average Bonchev–Trinajstić information content (AvgIpc) is 2.85. The van der Waals surface area contributed by atoms with Crippen molar-refractivity contribution in [2.45, 2.75) is 61.1 Å². The smallest absolute Gasteiger partial charge is 0.245 e. The molecule has 23 heavy (non-hydrogen) atoms. The van der Waals surface area contributed by atoms with Gasteiger partial charge in [0.15, 0.2) is 6.29 Å². The van der Waals surface area contributed by atoms with Crippen molar-refractivity contribution in [1.29, 1.82) is 0 Å². The number of ether oxygens (including phenoxy) is 4. The Morgan fingerprint density at radius 3 is 2.39 bits per heavy atom. The van der Waals surface area contributed by atoms with E-state index >= 15 is 0 Å². The van der Waals surface area contributed by atoms with E-state index in [0.29, 0.717) is 0 Å². The van der Waals surface area contributed by atoms with Crippen molar-refractivity contribution in [1.82, 2.24) is 0 Å². The van der Waals surface area contributed by atoms with Crippen molar-refractivity contribution in [3.05, 3.63) is 0 Å². The summed E-state index contributed by atoms with van der Waals surface area (Å²) in [5, 5.41) is 59.1. The Morgan fingerprint density at radius 2 is 1.74 bits per heavy atom. The number of rotatable bonds is 3. The molecule has 0 saturated carbocycles. The molecule has 6 N–H and O–H groups in total. The third-order valence-electron chi connectivity index (χ3n) is 4.30. The second kappa shape index (κ2) is 6.42. The Hall–Kier alpha value is 0.0800. The van der Waals surface area contributed by atoms with E-state index < -0.39 is 61.1 Å². The summed E-state index contributed by atoms with van der Waals surface area (Å²) < 4.78 is 21.1. The summed E-state index contributed by atoms with van der Waals surface area (Å²) in [6, 6.07) is 0. The van der Waals surface area contributed by atoms with E-state index in [9.17, 15) is 30.6 Å². The number of hydrogen-bond acceptors (Lipinski definition) is 10. The molecule has 0 spiro atoms. The first-order valence-corrected chi connectivity index (χ1v) is 8.20. The molecular weight excluding hydrogens is 384 g/mol. The van der Waals surface area contributed by atoms with E-state index in [4.69, 9.17) is 18.9 Å². The van der Waals surface area contributed by atoms with Crippen LogP contribution in [0, 0.1) is 0 Å². The van der Waals surface area contributed by atoms with Crippen LogP contribution in [0.5, 0.6) is 0 Å². The van der Waals surface area contributed by atoms with Gasteiger partial charge in [0.05, 0.1) is 12.7 Å². The molecule has 0 amide bonds. The molecule has 3 heterocycles. The molecular formula is C12H19BrO10. The third-order valence-corrected chi connectivity index (χ3v) is 4.94. The number of hydrogen-bond donors (Lipinski definition) is 6. The van der Waals surface area contributed by atoms with E-state index in [1.165, 1.54) is 0 Å². The van der Waals surface area contributed by atoms with Crippen molar-refractivity contribution in [3.8, 4) is 0 Å². The Kier molecular flexibility index (Phi) is 5.00. The molecule has 0 aromatic rings. The van der Waals surface area contributed by atoms with Crippen molar-refractivity contribution in [2.24, 2.45) is 0 Å². The fraction of sp³-hybridized carbons (Fsp3) is 1.00. The summed E-state index contributed by atoms with van der Waals surface area (Å²) in [6.07, 6.45) is -11.6. The predicted molar refractivity (Wildman–Crippen MR) is 73.1 cm³/mol. The zero-order valence-electron chi connectivity index (χ0n) is 11.8. The van der Waals surface area contributed by atoms with Crippen molar-refractivity contribution in [3.63, 3.8) is 0 Å². The van der Waals surface area contributed by atoms with Crippen molar-refractivity contribution >= 4 is 15.9 Å². The van der Waals surface area contributed by atoms with Gasteiger partial charge in [0.1, 0.15) is 36.6 Å². The van der Waals surface area contributed by atoms with Gasteiger partial charge in [0, 0.05) is 5.33 Å². The van der Waals surface area contributed by atoms with Gasteiger partial charge in [-0.25, -0.2) is 0 Å². The molecule has 3 rings (SSSR count). The fourth-order valence-corrected chi connectivity index (χ4v) is 3.48. The quantitative estimate of drug-likeness (QED) is 0.205. The summed E-state index contributed by atoms with van der Waals surface area (Å²) in [4.78, 5) is 0. The molecule has 0 radical (unpaired) electrons. The van der Waals surface area contributed by atoms with Gasteiger partial charge < -0.3 is 49.6 Å². The van der Waals surface area contributed by atoms with Crippen LogP contribution < -0.4 is 0 Å². The molecule has 134 valence electrons. The van der Waals surface area contributed by atoms with Crippen molar-refractivity contribution in [2.75, 3.05) is 11.9 Å². The summed E-state index contributed by atoms with van der Waals surface area (Å²) in [5.74, 6) is -2.69. The van der Waals surface area contributed by atoms with Crippen LogP contribution in [0.2, 0.25) is 0 Å². The van der Waals surface area contributed by atoms with Crippen molar-refractivity contribution < 1.29 is 49.6 Å². The summed E-state index contributed by atoms with van der Waals surface area (Å²) in [6.45, 7) is -0.0505. The lowest BCUT2D eigenvalue weighted by Gasteiger charge is -2.44. The molecule has 2 bridgehead atoms. The Labute approximate surface area is 139 Å². The normalized spacial score (nSPS) is 52.6. The van der Waals surface area contributed by atoms with Gasteiger partial charge in [0.25, 0.3) is 0 Å². The number of aliphatic hydroxyl groups excluding tert-OH is 4. The zero-order valence-corrected chi connectivity index (χ0v) is 13.4. The van der Waals surface area contributed by atoms with Crippen LogP contribution in [0.1, 0.15) is 0 Å². The molecule has 4 unspecified atom stereocenters. The van der Waals surface area contributed by atoms with Gasteiger partial charge in [-0.1, -0.05) is 15.9 Å². The van der Waals surface area contributed by atoms with Crippen LogP contribution in [-0.2, 0) is 18.9 Å². The predicted octanol–water partition coefficient (Wildman–Crippen LogP) is -3.63. The van der Waals surface area contributed by atoms with Crippen LogP contribution in [0.15, 0.2) is 0 Å². The van der Waals surface area contributed by atoms with Crippen LogP contribution in [0.25, 0.3) is 0 Å². The van der Waals surface area contributed by atoms with E-state index in [-0.39, 0.29) is 11.9 Å². The van der Waals surface area contributed by atoms with Gasteiger partial charge in [0.2, 0.25) is 12.1 Å². The summed E-state index contributed by atoms with van der Waals surface area (Å²) in [7, 11) is 0.